The van der Waals surface area contributed by atoms with Crippen molar-refractivity contribution >= 4 is 125 Å². The molecule has 0 spiro atoms. The Kier molecular flexibility index (Phi) is 9.62. The van der Waals surface area contributed by atoms with Crippen LogP contribution in [-0.4, -0.2) is 30.8 Å². The lowest BCUT2D eigenvalue weighted by Crippen LogP contribution is -2.51. The van der Waals surface area contributed by atoms with Gasteiger partial charge in [0.05, 0.1) is 14.7 Å². The molecule has 0 aliphatic carbocycles. The predicted molar refractivity (Wildman–Crippen MR) is 258 cm³/mol. The molecule has 0 atom stereocenters. The molecule has 5 heterocycles. The normalized spacial score (nSPS) is 15.4. The van der Waals surface area contributed by atoms with Crippen LogP contribution in [0.2, 0.25) is 0 Å². The van der Waals surface area contributed by atoms with Crippen molar-refractivity contribution in [2.24, 2.45) is 0 Å². The number of hydrogen-bond donors (Lipinski definition) is 0. The highest BCUT2D eigenvalue weighted by atomic mass is 127. The summed E-state index contributed by atoms with van der Waals surface area (Å²) in [6.07, 6.45) is 6.93. The third kappa shape index (κ3) is 5.90. The number of aromatic nitrogens is 3. The first-order valence-corrected chi connectivity index (χ1v) is 22.2. The van der Waals surface area contributed by atoms with Gasteiger partial charge in [-0.05, 0) is 138 Å². The molecule has 0 radical (unpaired) electrons. The SMILES string of the molecule is CCn1c2ccccc2c2cc(/C=C/C3=[N+]4C(=C(c5c(F)cc(F)cc5F)c5c(C)c(I)c(/C=C/c6ccc7c(c6)c6ccccc6n7CC)n5[B-]4(F)F)C(C)=C3I)ccc21. The molecule has 0 saturated carbocycles. The standard InChI is InChI=1S/C49H36BF5I2N4/c1-5-58-38-13-9-7-11-32(38)34-23-29(15-19-40(34)58)17-21-42-46(56)27(3)48-45(44-36(52)25-31(51)26-37(44)53)49-28(4)47(57)43(61(49)50(54,55)60(42)48)22-18-30-16-20-41-35(24-30)33-12-8-10-14-39(33)59(41)6-2/h7-26H,5-6H2,1-4H3/b21-17+,22-18+. The maximum atomic E-state index is 18.0. The summed E-state index contributed by atoms with van der Waals surface area (Å²) in [5.41, 5.74) is 6.55. The van der Waals surface area contributed by atoms with Gasteiger partial charge in [0, 0.05) is 95.4 Å². The average Bonchev–Trinajstić information content (AvgIpc) is 3.91. The zero-order valence-corrected chi connectivity index (χ0v) is 37.8. The lowest BCUT2D eigenvalue weighted by molar-refractivity contribution is -0.362. The Balaban J connectivity index is 1.19. The molecule has 3 aromatic heterocycles. The smallest absolute Gasteiger partial charge is 0.389 e. The van der Waals surface area contributed by atoms with Crippen molar-refractivity contribution in [3.05, 3.63) is 173 Å². The van der Waals surface area contributed by atoms with Crippen LogP contribution in [-0.2, 0) is 13.1 Å². The van der Waals surface area contributed by atoms with E-state index < -0.39 is 30.0 Å². The van der Waals surface area contributed by atoms with Gasteiger partial charge in [0.25, 0.3) is 0 Å². The van der Waals surface area contributed by atoms with Crippen molar-refractivity contribution < 1.29 is 26.3 Å². The summed E-state index contributed by atoms with van der Waals surface area (Å²) in [7, 11) is 0. The second-order valence-electron chi connectivity index (χ2n) is 15.5. The minimum absolute atomic E-state index is 0.0160. The first-order chi connectivity index (χ1) is 29.3. The van der Waals surface area contributed by atoms with Crippen LogP contribution < -0.4 is 0 Å². The molecule has 0 unspecified atom stereocenters. The fraction of sp³-hybridized carbons (Fsp3) is 0.122. The first kappa shape index (κ1) is 39.9. The number of halogens is 7. The summed E-state index contributed by atoms with van der Waals surface area (Å²) in [5, 5.41) is 4.28. The van der Waals surface area contributed by atoms with Crippen molar-refractivity contribution in [3.63, 3.8) is 0 Å². The van der Waals surface area contributed by atoms with E-state index in [0.29, 0.717) is 30.4 Å². The lowest BCUT2D eigenvalue weighted by Gasteiger charge is -2.34. The van der Waals surface area contributed by atoms with Gasteiger partial charge in [-0.2, -0.15) is 0 Å². The molecule has 4 nitrogen and oxygen atoms in total. The Labute approximate surface area is 376 Å². The Bertz CT molecular complexity index is 3370. The van der Waals surface area contributed by atoms with Crippen LogP contribution in [0.15, 0.2) is 118 Å². The van der Waals surface area contributed by atoms with Gasteiger partial charge in [-0.1, -0.05) is 54.6 Å². The van der Waals surface area contributed by atoms with Crippen LogP contribution in [0.1, 0.15) is 54.4 Å². The molecule has 2 aliphatic heterocycles. The van der Waals surface area contributed by atoms with Crippen LogP contribution in [0.3, 0.4) is 0 Å². The molecule has 10 rings (SSSR count). The molecule has 0 saturated heterocycles. The second kappa shape index (κ2) is 14.7. The Morgan fingerprint density at radius 2 is 1.15 bits per heavy atom. The number of hydrogen-bond acceptors (Lipinski definition) is 0. The molecule has 8 aromatic rings. The Morgan fingerprint density at radius 3 is 1.69 bits per heavy atom. The van der Waals surface area contributed by atoms with Crippen molar-refractivity contribution in [1.29, 1.82) is 0 Å². The molecular formula is C49H36BF5I2N4. The number of aryl methyl sites for hydroxylation is 2. The summed E-state index contributed by atoms with van der Waals surface area (Å²) in [4.78, 5) is 0. The second-order valence-corrected chi connectivity index (χ2v) is 17.7. The zero-order chi connectivity index (χ0) is 42.6. The highest BCUT2D eigenvalue weighted by Crippen LogP contribution is 2.49. The van der Waals surface area contributed by atoms with Crippen LogP contribution >= 0.6 is 45.2 Å². The van der Waals surface area contributed by atoms with Crippen molar-refractivity contribution in [2.75, 3.05) is 0 Å². The lowest BCUT2D eigenvalue weighted by atomic mass is 9.83. The highest BCUT2D eigenvalue weighted by Gasteiger charge is 2.58. The van der Waals surface area contributed by atoms with Crippen LogP contribution in [0.5, 0.6) is 0 Å². The Hall–Kier alpha value is -5.22. The molecule has 0 bridgehead atoms. The molecule has 5 aromatic carbocycles. The zero-order valence-electron chi connectivity index (χ0n) is 33.5. The van der Waals surface area contributed by atoms with Gasteiger partial charge in [0.2, 0.25) is 0 Å². The highest BCUT2D eigenvalue weighted by molar-refractivity contribution is 14.1. The van der Waals surface area contributed by atoms with E-state index in [9.17, 15) is 4.39 Å². The van der Waals surface area contributed by atoms with Crippen LogP contribution in [0.25, 0.3) is 67.4 Å². The number of fused-ring (bicyclic) bond motifs is 8. The quantitative estimate of drug-likeness (QED) is 0.0860. The van der Waals surface area contributed by atoms with Gasteiger partial charge in [-0.25, -0.2) is 13.2 Å². The average molecular weight is 1040 g/mol. The molecule has 0 N–H and O–H groups in total. The molecule has 61 heavy (non-hydrogen) atoms. The largest absolute Gasteiger partial charge is 0.737 e. The summed E-state index contributed by atoms with van der Waals surface area (Å²) in [6.45, 7) is 4.46. The fourth-order valence-corrected chi connectivity index (χ4v) is 11.0. The van der Waals surface area contributed by atoms with E-state index in [4.69, 9.17) is 0 Å². The monoisotopic (exact) mass is 1040 g/mol. The molecule has 0 amide bonds. The maximum absolute atomic E-state index is 18.0. The molecular weight excluding hydrogens is 1000 g/mol. The number of rotatable bonds is 7. The van der Waals surface area contributed by atoms with Gasteiger partial charge in [-0.15, -0.1) is 0 Å². The van der Waals surface area contributed by atoms with E-state index in [1.54, 1.807) is 38.2 Å². The summed E-state index contributed by atoms with van der Waals surface area (Å²) < 4.78 is 90.0. The van der Waals surface area contributed by atoms with Crippen molar-refractivity contribution in [3.8, 4) is 0 Å². The third-order valence-electron chi connectivity index (χ3n) is 12.3. The van der Waals surface area contributed by atoms with Crippen molar-refractivity contribution in [2.45, 2.75) is 40.8 Å². The summed E-state index contributed by atoms with van der Waals surface area (Å²) in [5.74, 6) is -3.45. The third-order valence-corrected chi connectivity index (χ3v) is 15.0. The predicted octanol–water partition coefficient (Wildman–Crippen LogP) is 14.1. The number of para-hydroxylation sites is 2. The van der Waals surface area contributed by atoms with E-state index in [1.807, 2.05) is 93.7 Å². The van der Waals surface area contributed by atoms with E-state index in [0.717, 1.165) is 76.8 Å². The van der Waals surface area contributed by atoms with Gasteiger partial charge < -0.3 is 26.7 Å². The van der Waals surface area contributed by atoms with Gasteiger partial charge in [-0.3, -0.25) is 0 Å². The van der Waals surface area contributed by atoms with E-state index in [2.05, 4.69) is 59.4 Å². The number of nitrogens with zero attached hydrogens (tertiary/aromatic N) is 4. The number of allylic oxidation sites excluding steroid dienone is 3. The Morgan fingerprint density at radius 1 is 0.639 bits per heavy atom. The first-order valence-electron chi connectivity index (χ1n) is 20.1. The molecule has 304 valence electrons. The van der Waals surface area contributed by atoms with E-state index >= 15 is 17.4 Å². The molecule has 12 heteroatoms. The van der Waals surface area contributed by atoms with Gasteiger partial charge >= 0.3 is 6.97 Å². The summed E-state index contributed by atoms with van der Waals surface area (Å²) in [6, 6.07) is 29.7. The van der Waals surface area contributed by atoms with Crippen LogP contribution in [0.4, 0.5) is 21.8 Å². The maximum Gasteiger partial charge on any atom is 0.737 e. The number of benzene rings is 5. The van der Waals surface area contributed by atoms with E-state index in [-0.39, 0.29) is 28.4 Å². The van der Waals surface area contributed by atoms with Gasteiger partial charge in [0.1, 0.15) is 17.5 Å². The summed E-state index contributed by atoms with van der Waals surface area (Å²) >= 11 is 4.10. The fourth-order valence-electron chi connectivity index (χ4n) is 9.60. The molecule has 0 fully saturated rings. The molecule has 2 aliphatic rings. The van der Waals surface area contributed by atoms with Crippen molar-refractivity contribution in [1.82, 2.24) is 13.6 Å². The topological polar surface area (TPSA) is 17.8 Å². The minimum atomic E-state index is -4.69. The van der Waals surface area contributed by atoms with Gasteiger partial charge in [0.15, 0.2) is 11.4 Å². The van der Waals surface area contributed by atoms with E-state index in [1.165, 1.54) is 0 Å². The minimum Gasteiger partial charge on any atom is -0.389 e. The van der Waals surface area contributed by atoms with Crippen LogP contribution in [0, 0.1) is 27.9 Å².